The van der Waals surface area contributed by atoms with E-state index in [9.17, 15) is 13.6 Å². The van der Waals surface area contributed by atoms with Crippen molar-refractivity contribution in [2.24, 2.45) is 0 Å². The first-order chi connectivity index (χ1) is 7.54. The maximum atomic E-state index is 12.9. The first-order valence-electron chi connectivity index (χ1n) is 4.86. The van der Waals surface area contributed by atoms with E-state index in [0.29, 0.717) is 5.56 Å². The molecule has 1 amide bonds. The van der Waals surface area contributed by atoms with Crippen molar-refractivity contribution in [3.8, 4) is 0 Å². The van der Waals surface area contributed by atoms with Crippen LogP contribution in [0.5, 0.6) is 0 Å². The van der Waals surface area contributed by atoms with Crippen LogP contribution in [-0.2, 0) is 11.3 Å². The van der Waals surface area contributed by atoms with Crippen LogP contribution in [0.3, 0.4) is 0 Å². The third-order valence-corrected chi connectivity index (χ3v) is 1.98. The Labute approximate surface area is 92.6 Å². The maximum absolute atomic E-state index is 12.9. The molecule has 0 aliphatic rings. The Morgan fingerprint density at radius 2 is 2.06 bits per heavy atom. The van der Waals surface area contributed by atoms with Gasteiger partial charge in [0.05, 0.1) is 6.61 Å². The second-order valence-corrected chi connectivity index (χ2v) is 3.30. The zero-order valence-corrected chi connectivity index (χ0v) is 9.17. The van der Waals surface area contributed by atoms with Crippen LogP contribution in [0, 0.1) is 11.6 Å². The molecule has 1 aromatic carbocycles. The highest BCUT2D eigenvalue weighted by atomic mass is 19.2. The van der Waals surface area contributed by atoms with Crippen LogP contribution in [-0.4, -0.2) is 24.6 Å². The highest BCUT2D eigenvalue weighted by Crippen LogP contribution is 2.10. The Bertz CT molecular complexity index is 382. The SMILES string of the molecule is CCOC(=O)N(C)Cc1ccc(F)c(F)c1. The van der Waals surface area contributed by atoms with E-state index in [4.69, 9.17) is 4.74 Å². The number of carbonyl (C=O) groups excluding carboxylic acids is 1. The minimum Gasteiger partial charge on any atom is -0.450 e. The molecular formula is C11H13F2NO2. The van der Waals surface area contributed by atoms with Crippen molar-refractivity contribution in [1.29, 1.82) is 0 Å². The summed E-state index contributed by atoms with van der Waals surface area (Å²) in [5.74, 6) is -1.82. The normalized spacial score (nSPS) is 10.0. The fourth-order valence-corrected chi connectivity index (χ4v) is 1.21. The average Bonchev–Trinajstić information content (AvgIpc) is 2.24. The lowest BCUT2D eigenvalue weighted by atomic mass is 10.2. The Balaban J connectivity index is 2.66. The molecule has 0 spiro atoms. The van der Waals surface area contributed by atoms with E-state index in [0.717, 1.165) is 12.1 Å². The van der Waals surface area contributed by atoms with Gasteiger partial charge in [-0.1, -0.05) is 6.07 Å². The topological polar surface area (TPSA) is 29.5 Å². The molecule has 3 nitrogen and oxygen atoms in total. The van der Waals surface area contributed by atoms with Gasteiger partial charge in [-0.25, -0.2) is 13.6 Å². The van der Waals surface area contributed by atoms with Crippen LogP contribution in [0.25, 0.3) is 0 Å². The molecule has 16 heavy (non-hydrogen) atoms. The number of ether oxygens (including phenoxy) is 1. The predicted octanol–water partition coefficient (Wildman–Crippen LogP) is 2.55. The molecule has 1 rings (SSSR count). The molecule has 0 atom stereocenters. The molecule has 0 unspecified atom stereocenters. The summed E-state index contributed by atoms with van der Waals surface area (Å²) in [6, 6.07) is 3.52. The lowest BCUT2D eigenvalue weighted by Crippen LogP contribution is -2.26. The summed E-state index contributed by atoms with van der Waals surface area (Å²) in [4.78, 5) is 12.5. The lowest BCUT2D eigenvalue weighted by Gasteiger charge is -2.16. The first-order valence-corrected chi connectivity index (χ1v) is 4.86. The Morgan fingerprint density at radius 3 is 2.62 bits per heavy atom. The molecule has 0 aliphatic carbocycles. The zero-order chi connectivity index (χ0) is 12.1. The second kappa shape index (κ2) is 5.44. The molecule has 0 saturated carbocycles. The molecular weight excluding hydrogens is 216 g/mol. The summed E-state index contributed by atoms with van der Waals surface area (Å²) in [7, 11) is 1.53. The van der Waals surface area contributed by atoms with Gasteiger partial charge in [-0.3, -0.25) is 0 Å². The van der Waals surface area contributed by atoms with Crippen molar-refractivity contribution < 1.29 is 18.3 Å². The van der Waals surface area contributed by atoms with Crippen LogP contribution in [0.15, 0.2) is 18.2 Å². The van der Waals surface area contributed by atoms with Crippen LogP contribution in [0.1, 0.15) is 12.5 Å². The minimum atomic E-state index is -0.922. The van der Waals surface area contributed by atoms with Crippen molar-refractivity contribution in [2.45, 2.75) is 13.5 Å². The van der Waals surface area contributed by atoms with Gasteiger partial charge in [0.1, 0.15) is 0 Å². The molecule has 1 aromatic rings. The van der Waals surface area contributed by atoms with Gasteiger partial charge in [0.2, 0.25) is 0 Å². The summed E-state index contributed by atoms with van der Waals surface area (Å²) < 4.78 is 30.3. The van der Waals surface area contributed by atoms with Crippen LogP contribution in [0.2, 0.25) is 0 Å². The number of hydrogen-bond donors (Lipinski definition) is 0. The highest BCUT2D eigenvalue weighted by Gasteiger charge is 2.10. The van der Waals surface area contributed by atoms with Gasteiger partial charge in [0, 0.05) is 13.6 Å². The summed E-state index contributed by atoms with van der Waals surface area (Å²) in [5.41, 5.74) is 0.509. The molecule has 88 valence electrons. The first kappa shape index (κ1) is 12.4. The maximum Gasteiger partial charge on any atom is 0.409 e. The summed E-state index contributed by atoms with van der Waals surface area (Å²) in [5, 5.41) is 0. The third-order valence-electron chi connectivity index (χ3n) is 1.98. The summed E-state index contributed by atoms with van der Waals surface area (Å²) in [6.07, 6.45) is -0.493. The molecule has 0 bridgehead atoms. The van der Waals surface area contributed by atoms with Crippen molar-refractivity contribution in [1.82, 2.24) is 4.90 Å². The summed E-state index contributed by atoms with van der Waals surface area (Å²) >= 11 is 0. The van der Waals surface area contributed by atoms with E-state index in [1.807, 2.05) is 0 Å². The Hall–Kier alpha value is -1.65. The standard InChI is InChI=1S/C11H13F2NO2/c1-3-16-11(15)14(2)7-8-4-5-9(12)10(13)6-8/h4-6H,3,7H2,1-2H3. The largest absolute Gasteiger partial charge is 0.450 e. The number of benzene rings is 1. The van der Waals surface area contributed by atoms with E-state index >= 15 is 0 Å². The fourth-order valence-electron chi connectivity index (χ4n) is 1.21. The number of hydrogen-bond acceptors (Lipinski definition) is 2. The van der Waals surface area contributed by atoms with Crippen molar-refractivity contribution >= 4 is 6.09 Å². The van der Waals surface area contributed by atoms with Crippen molar-refractivity contribution in [3.63, 3.8) is 0 Å². The van der Waals surface area contributed by atoms with Crippen LogP contribution >= 0.6 is 0 Å². The molecule has 5 heteroatoms. The minimum absolute atomic E-state index is 0.177. The monoisotopic (exact) mass is 229 g/mol. The van der Waals surface area contributed by atoms with Gasteiger partial charge in [-0.05, 0) is 24.6 Å². The molecule has 0 fully saturated rings. The van der Waals surface area contributed by atoms with Crippen molar-refractivity contribution in [2.75, 3.05) is 13.7 Å². The molecule has 0 radical (unpaired) electrons. The number of carbonyl (C=O) groups is 1. The molecule has 0 N–H and O–H groups in total. The van der Waals surface area contributed by atoms with Crippen LogP contribution in [0.4, 0.5) is 13.6 Å². The molecule has 0 aliphatic heterocycles. The van der Waals surface area contributed by atoms with Gasteiger partial charge in [0.25, 0.3) is 0 Å². The Kier molecular flexibility index (Phi) is 4.22. The van der Waals surface area contributed by atoms with E-state index in [2.05, 4.69) is 0 Å². The fraction of sp³-hybridized carbons (Fsp3) is 0.364. The van der Waals surface area contributed by atoms with Gasteiger partial charge in [0.15, 0.2) is 11.6 Å². The quantitative estimate of drug-likeness (QED) is 0.797. The molecule has 0 saturated heterocycles. The van der Waals surface area contributed by atoms with E-state index in [1.54, 1.807) is 6.92 Å². The number of halogens is 2. The second-order valence-electron chi connectivity index (χ2n) is 3.30. The highest BCUT2D eigenvalue weighted by molar-refractivity contribution is 5.67. The number of rotatable bonds is 3. The van der Waals surface area contributed by atoms with E-state index in [-0.39, 0.29) is 13.2 Å². The van der Waals surface area contributed by atoms with Gasteiger partial charge in [-0.15, -0.1) is 0 Å². The lowest BCUT2D eigenvalue weighted by molar-refractivity contribution is 0.114. The average molecular weight is 229 g/mol. The van der Waals surface area contributed by atoms with Gasteiger partial charge in [-0.2, -0.15) is 0 Å². The smallest absolute Gasteiger partial charge is 0.409 e. The number of nitrogens with zero attached hydrogens (tertiary/aromatic N) is 1. The van der Waals surface area contributed by atoms with Gasteiger partial charge >= 0.3 is 6.09 Å². The van der Waals surface area contributed by atoms with Crippen LogP contribution < -0.4 is 0 Å². The summed E-state index contributed by atoms with van der Waals surface area (Å²) in [6.45, 7) is 2.15. The van der Waals surface area contributed by atoms with Crippen molar-refractivity contribution in [3.05, 3.63) is 35.4 Å². The van der Waals surface area contributed by atoms with Gasteiger partial charge < -0.3 is 9.64 Å². The predicted molar refractivity (Wildman–Crippen MR) is 54.8 cm³/mol. The molecule has 0 heterocycles. The zero-order valence-electron chi connectivity index (χ0n) is 9.17. The Morgan fingerprint density at radius 1 is 1.38 bits per heavy atom. The molecule has 0 aromatic heterocycles. The van der Waals surface area contributed by atoms with E-state index in [1.165, 1.54) is 18.0 Å². The van der Waals surface area contributed by atoms with E-state index < -0.39 is 17.7 Å². The number of amides is 1. The third kappa shape index (κ3) is 3.18.